The van der Waals surface area contributed by atoms with Crippen LogP contribution in [0.2, 0.25) is 0 Å². The van der Waals surface area contributed by atoms with Gasteiger partial charge in [0.05, 0.1) is 4.90 Å². The molecule has 3 rings (SSSR count). The fraction of sp³-hybridized carbons (Fsp3) is 0.333. The van der Waals surface area contributed by atoms with Gasteiger partial charge in [-0.15, -0.1) is 0 Å². The van der Waals surface area contributed by atoms with Crippen LogP contribution in [0.5, 0.6) is 5.75 Å². The predicted molar refractivity (Wildman–Crippen MR) is 102 cm³/mol. The average Bonchev–Trinajstić information content (AvgIpc) is 2.72. The van der Waals surface area contributed by atoms with Gasteiger partial charge in [-0.2, -0.15) is 8.61 Å². The van der Waals surface area contributed by atoms with Gasteiger partial charge in [0.2, 0.25) is 20.0 Å². The summed E-state index contributed by atoms with van der Waals surface area (Å²) in [5.74, 6) is -2.10. The van der Waals surface area contributed by atoms with Crippen molar-refractivity contribution < 1.29 is 34.7 Å². The van der Waals surface area contributed by atoms with Crippen molar-refractivity contribution in [2.75, 3.05) is 39.5 Å². The number of benzene rings is 2. The van der Waals surface area contributed by atoms with Crippen LogP contribution in [-0.2, 0) is 20.0 Å². The highest BCUT2D eigenvalue weighted by atomic mass is 32.2. The highest BCUT2D eigenvalue weighted by Gasteiger charge is 2.36. The number of hydrogen-bond donors (Lipinski definition) is 0. The smallest absolute Gasteiger partial charge is 0.249 e. The highest BCUT2D eigenvalue weighted by molar-refractivity contribution is 7.89. The lowest BCUT2D eigenvalue weighted by molar-refractivity contribution is 0.270. The molecule has 12 heteroatoms. The quantitative estimate of drug-likeness (QED) is 0.626. The summed E-state index contributed by atoms with van der Waals surface area (Å²) in [7, 11) is -8.37. The summed E-state index contributed by atoms with van der Waals surface area (Å²) >= 11 is 0. The number of piperazine rings is 1. The molecule has 164 valence electrons. The zero-order valence-electron chi connectivity index (χ0n) is 15.7. The molecule has 7 nitrogen and oxygen atoms in total. The van der Waals surface area contributed by atoms with Gasteiger partial charge in [0.15, 0.2) is 4.90 Å². The van der Waals surface area contributed by atoms with E-state index in [2.05, 4.69) is 0 Å². The van der Waals surface area contributed by atoms with Crippen LogP contribution in [-0.4, -0.2) is 64.9 Å². The Labute approximate surface area is 172 Å². The van der Waals surface area contributed by atoms with Gasteiger partial charge in [0.25, 0.3) is 0 Å². The zero-order chi connectivity index (χ0) is 21.9. The monoisotopic (exact) mass is 464 g/mol. The normalized spacial score (nSPS) is 16.5. The largest absolute Gasteiger partial charge is 0.491 e. The fourth-order valence-electron chi connectivity index (χ4n) is 3.02. The van der Waals surface area contributed by atoms with Crippen LogP contribution in [0.1, 0.15) is 0 Å². The van der Waals surface area contributed by atoms with Crippen LogP contribution >= 0.6 is 0 Å². The number of rotatable bonds is 7. The Morgan fingerprint density at radius 1 is 0.800 bits per heavy atom. The molecule has 0 unspecified atom stereocenters. The maximum absolute atomic E-state index is 13.9. The van der Waals surface area contributed by atoms with Crippen LogP contribution in [0.15, 0.2) is 52.3 Å². The van der Waals surface area contributed by atoms with Crippen molar-refractivity contribution in [3.05, 3.63) is 54.1 Å². The molecule has 1 aliphatic heterocycles. The third kappa shape index (κ3) is 4.46. The number of hydrogen-bond acceptors (Lipinski definition) is 5. The fourth-order valence-corrected chi connectivity index (χ4v) is 5.98. The van der Waals surface area contributed by atoms with Gasteiger partial charge in [-0.05, 0) is 36.4 Å². The van der Waals surface area contributed by atoms with E-state index in [4.69, 9.17) is 4.74 Å². The van der Waals surface area contributed by atoms with Gasteiger partial charge in [0.1, 0.15) is 30.7 Å². The summed E-state index contributed by atoms with van der Waals surface area (Å²) < 4.78 is 97.8. The van der Waals surface area contributed by atoms with E-state index >= 15 is 0 Å². The van der Waals surface area contributed by atoms with E-state index in [9.17, 15) is 30.0 Å². The molecule has 0 radical (unpaired) electrons. The molecule has 0 aromatic heterocycles. The summed E-state index contributed by atoms with van der Waals surface area (Å²) in [5.41, 5.74) is 0. The second-order valence-electron chi connectivity index (χ2n) is 6.37. The topological polar surface area (TPSA) is 84.0 Å². The van der Waals surface area contributed by atoms with E-state index in [0.29, 0.717) is 5.75 Å². The third-order valence-corrected chi connectivity index (χ3v) is 8.39. The van der Waals surface area contributed by atoms with E-state index in [1.165, 1.54) is 24.3 Å². The van der Waals surface area contributed by atoms with Crippen molar-refractivity contribution in [1.29, 1.82) is 0 Å². The Morgan fingerprint density at radius 2 is 1.30 bits per heavy atom. The van der Waals surface area contributed by atoms with Gasteiger partial charge < -0.3 is 4.74 Å². The highest BCUT2D eigenvalue weighted by Crippen LogP contribution is 2.26. The molecule has 2 aromatic carbocycles. The average molecular weight is 464 g/mol. The molecule has 1 aliphatic rings. The number of alkyl halides is 1. The van der Waals surface area contributed by atoms with Crippen molar-refractivity contribution >= 4 is 20.0 Å². The van der Waals surface area contributed by atoms with Gasteiger partial charge in [-0.3, -0.25) is 0 Å². The Kier molecular flexibility index (Phi) is 6.70. The minimum Gasteiger partial charge on any atom is -0.491 e. The first-order chi connectivity index (χ1) is 14.2. The van der Waals surface area contributed by atoms with Gasteiger partial charge >= 0.3 is 0 Å². The van der Waals surface area contributed by atoms with Gasteiger partial charge in [-0.25, -0.2) is 30.0 Å². The summed E-state index contributed by atoms with van der Waals surface area (Å²) in [6.45, 7) is -1.70. The van der Waals surface area contributed by atoms with E-state index in [0.717, 1.165) is 26.8 Å². The summed E-state index contributed by atoms with van der Waals surface area (Å²) in [4.78, 5) is -1.09. The third-order valence-electron chi connectivity index (χ3n) is 4.52. The predicted octanol–water partition coefficient (Wildman–Crippen LogP) is 2.01. The van der Waals surface area contributed by atoms with Crippen molar-refractivity contribution in [1.82, 2.24) is 8.61 Å². The maximum Gasteiger partial charge on any atom is 0.249 e. The second kappa shape index (κ2) is 8.92. The number of halogens is 3. The van der Waals surface area contributed by atoms with Crippen molar-refractivity contribution in [3.63, 3.8) is 0 Å². The Balaban J connectivity index is 1.73. The molecule has 0 atom stereocenters. The van der Waals surface area contributed by atoms with Crippen molar-refractivity contribution in [3.8, 4) is 5.75 Å². The summed E-state index contributed by atoms with van der Waals surface area (Å²) in [5, 5.41) is 0. The molecule has 1 saturated heterocycles. The number of ether oxygens (including phenoxy) is 1. The lowest BCUT2D eigenvalue weighted by atomic mass is 10.3. The summed E-state index contributed by atoms with van der Waals surface area (Å²) in [6, 6.07) is 8.15. The molecule has 0 spiro atoms. The lowest BCUT2D eigenvalue weighted by Crippen LogP contribution is -2.50. The molecular formula is C18H19F3N2O5S2. The number of nitrogens with zero attached hydrogens (tertiary/aromatic N) is 2. The molecule has 0 aliphatic carbocycles. The van der Waals surface area contributed by atoms with Gasteiger partial charge in [-0.1, -0.05) is 6.07 Å². The molecule has 0 saturated carbocycles. The minimum absolute atomic E-state index is 0.0356. The first kappa shape index (κ1) is 22.5. The standard InChI is InChI=1S/C18H19F3N2O5S2/c19-8-13-28-14-4-6-15(7-5-14)29(24,25)22-9-11-23(12-10-22)30(26,27)18-16(20)2-1-3-17(18)21/h1-7H,8-13H2. The molecule has 0 amide bonds. The zero-order valence-corrected chi connectivity index (χ0v) is 17.3. The minimum atomic E-state index is -4.46. The maximum atomic E-state index is 13.9. The van der Waals surface area contributed by atoms with Crippen LogP contribution in [0, 0.1) is 11.6 Å². The Morgan fingerprint density at radius 3 is 1.80 bits per heavy atom. The Hall–Kier alpha value is -2.15. The van der Waals surface area contributed by atoms with Crippen molar-refractivity contribution in [2.24, 2.45) is 0 Å². The lowest BCUT2D eigenvalue weighted by Gasteiger charge is -2.33. The Bertz CT molecular complexity index is 1080. The van der Waals surface area contributed by atoms with E-state index < -0.39 is 43.3 Å². The molecule has 1 fully saturated rings. The van der Waals surface area contributed by atoms with Crippen LogP contribution in [0.25, 0.3) is 0 Å². The molecular weight excluding hydrogens is 445 g/mol. The number of sulfonamides is 2. The van der Waals surface area contributed by atoms with E-state index in [1.807, 2.05) is 0 Å². The molecule has 0 N–H and O–H groups in total. The van der Waals surface area contributed by atoms with E-state index in [1.54, 1.807) is 0 Å². The van der Waals surface area contributed by atoms with E-state index in [-0.39, 0.29) is 37.7 Å². The molecule has 2 aromatic rings. The van der Waals surface area contributed by atoms with Crippen LogP contribution < -0.4 is 4.74 Å². The van der Waals surface area contributed by atoms with Crippen LogP contribution in [0.3, 0.4) is 0 Å². The first-order valence-corrected chi connectivity index (χ1v) is 11.8. The second-order valence-corrected chi connectivity index (χ2v) is 10.2. The molecule has 1 heterocycles. The summed E-state index contributed by atoms with van der Waals surface area (Å²) in [6.07, 6.45) is 0. The first-order valence-electron chi connectivity index (χ1n) is 8.91. The SMILES string of the molecule is O=S(=O)(c1ccc(OCCF)cc1)N1CCN(S(=O)(=O)c2c(F)cccc2F)CC1. The molecule has 30 heavy (non-hydrogen) atoms. The van der Waals surface area contributed by atoms with Crippen molar-refractivity contribution in [2.45, 2.75) is 9.79 Å². The molecule has 0 bridgehead atoms. The van der Waals surface area contributed by atoms with Crippen LogP contribution in [0.4, 0.5) is 13.2 Å². The van der Waals surface area contributed by atoms with Gasteiger partial charge in [0, 0.05) is 26.2 Å².